The summed E-state index contributed by atoms with van der Waals surface area (Å²) in [5, 5.41) is 3.24. The Hall–Kier alpha value is 0.759. The zero-order valence-electron chi connectivity index (χ0n) is 10.8. The minimum absolute atomic E-state index is 0. The van der Waals surface area contributed by atoms with E-state index in [1.165, 1.54) is 4.90 Å². The molecule has 3 nitrogen and oxygen atoms in total. The van der Waals surface area contributed by atoms with E-state index >= 15 is 0 Å². The van der Waals surface area contributed by atoms with E-state index in [9.17, 15) is 4.79 Å². The second-order valence-electron chi connectivity index (χ2n) is 4.80. The van der Waals surface area contributed by atoms with Crippen LogP contribution in [0.5, 0.6) is 0 Å². The van der Waals surface area contributed by atoms with E-state index in [0.717, 1.165) is 13.0 Å². The van der Waals surface area contributed by atoms with E-state index in [2.05, 4.69) is 19.2 Å². The number of quaternary nitrogens is 1. The summed E-state index contributed by atoms with van der Waals surface area (Å²) in [7, 11) is 7.90. The van der Waals surface area contributed by atoms with Gasteiger partial charge in [0.1, 0.15) is 12.1 Å². The van der Waals surface area contributed by atoms with Crippen molar-refractivity contribution in [2.24, 2.45) is 0 Å². The van der Waals surface area contributed by atoms with Crippen molar-refractivity contribution in [2.45, 2.75) is 58.6 Å². The maximum absolute atomic E-state index is 11.5. The van der Waals surface area contributed by atoms with Crippen molar-refractivity contribution in [3.63, 3.8) is 0 Å². The number of likely N-dealkylation sites (N-methyl/N-ethyl adjacent to an activating group) is 1. The van der Waals surface area contributed by atoms with Crippen LogP contribution in [0.1, 0.15) is 34.6 Å². The van der Waals surface area contributed by atoms with Crippen LogP contribution in [0.15, 0.2) is 0 Å². The number of Topliss-reactive ketones (excluding diaryl/α,β-unsaturated/α-hetero) is 1. The predicted octanol–water partition coefficient (Wildman–Crippen LogP) is -0.180. The Morgan fingerprint density at radius 2 is 2.00 bits per heavy atom. The van der Waals surface area contributed by atoms with Gasteiger partial charge in [-0.15, -0.1) is 0 Å². The zero-order chi connectivity index (χ0) is 11.6. The molecule has 1 fully saturated rings. The smallest absolute Gasteiger partial charge is 0.186 e. The molecule has 1 rings (SSSR count). The minimum Gasteiger partial charge on any atom is -0.323 e. The number of ketones is 1. The van der Waals surface area contributed by atoms with E-state index in [-0.39, 0.29) is 57.8 Å². The van der Waals surface area contributed by atoms with Crippen LogP contribution in [0, 0.1) is 0 Å². The Bertz CT molecular complexity index is 241. The first-order valence-electron chi connectivity index (χ1n) is 5.76. The van der Waals surface area contributed by atoms with Gasteiger partial charge in [-0.1, -0.05) is 7.43 Å². The molecule has 2 N–H and O–H groups in total. The SMILES string of the molecule is C.[B]C1CC(C(C)=O)[NH+](C(C)C(C)NC)C1.[Y]. The number of carbonyl (C=O) groups excluding carboxylic acids is 1. The summed E-state index contributed by atoms with van der Waals surface area (Å²) >= 11 is 0. The molecule has 5 atom stereocenters. The van der Waals surface area contributed by atoms with Gasteiger partial charge in [0.15, 0.2) is 5.78 Å². The van der Waals surface area contributed by atoms with Crippen LogP contribution in [0.3, 0.4) is 0 Å². The molecule has 0 amide bonds. The summed E-state index contributed by atoms with van der Waals surface area (Å²) < 4.78 is 0. The molecule has 0 aromatic carbocycles. The van der Waals surface area contributed by atoms with E-state index in [4.69, 9.17) is 7.85 Å². The Balaban J connectivity index is 0. The maximum atomic E-state index is 11.5. The monoisotopic (exact) mass is 314 g/mol. The number of hydrogen-bond acceptors (Lipinski definition) is 2. The second kappa shape index (κ2) is 8.79. The van der Waals surface area contributed by atoms with E-state index in [0.29, 0.717) is 12.1 Å². The number of nitrogens with one attached hydrogen (secondary N) is 2. The standard InChI is InChI=1S/C11H21BN2O.CH4.Y/c1-7(13-4)8(2)14-6-10(12)5-11(14)9(3)15;;/h7-8,10-11,13H,5-6H2,1-4H3;1H4;/p+1. The van der Waals surface area contributed by atoms with Crippen molar-refractivity contribution in [1.29, 1.82) is 0 Å². The summed E-state index contributed by atoms with van der Waals surface area (Å²) in [6.07, 6.45) is 0.839. The second-order valence-corrected chi connectivity index (χ2v) is 4.80. The molecular formula is C12H26BN2OY+. The fraction of sp³-hybridized carbons (Fsp3) is 0.917. The molecule has 0 aliphatic carbocycles. The Labute approximate surface area is 133 Å². The Morgan fingerprint density at radius 1 is 1.47 bits per heavy atom. The molecule has 0 saturated carbocycles. The zero-order valence-corrected chi connectivity index (χ0v) is 13.6. The van der Waals surface area contributed by atoms with E-state index in [1.54, 1.807) is 6.92 Å². The van der Waals surface area contributed by atoms with Crippen molar-refractivity contribution in [3.8, 4) is 0 Å². The molecule has 17 heavy (non-hydrogen) atoms. The van der Waals surface area contributed by atoms with Crippen LogP contribution < -0.4 is 10.2 Å². The summed E-state index contributed by atoms with van der Waals surface area (Å²) in [5.41, 5.74) is 0. The van der Waals surface area contributed by atoms with Gasteiger partial charge in [-0.05, 0) is 26.7 Å². The number of rotatable bonds is 4. The summed E-state index contributed by atoms with van der Waals surface area (Å²) in [6, 6.07) is 0.940. The van der Waals surface area contributed by atoms with Crippen LogP contribution in [0.4, 0.5) is 0 Å². The van der Waals surface area contributed by atoms with Crippen molar-refractivity contribution in [3.05, 3.63) is 0 Å². The average molecular weight is 314 g/mol. The number of hydrogen-bond donors (Lipinski definition) is 2. The Kier molecular flexibility index (Phi) is 10.4. The first-order valence-corrected chi connectivity index (χ1v) is 5.76. The van der Waals surface area contributed by atoms with E-state index < -0.39 is 0 Å². The molecule has 1 saturated heterocycles. The van der Waals surface area contributed by atoms with Crippen LogP contribution >= 0.6 is 0 Å². The number of carbonyl (C=O) groups is 1. The molecule has 0 aromatic rings. The molecule has 3 radical (unpaired) electrons. The van der Waals surface area contributed by atoms with Crippen molar-refractivity contribution < 1.29 is 42.4 Å². The molecule has 1 aliphatic rings. The van der Waals surface area contributed by atoms with Crippen LogP contribution in [0.2, 0.25) is 5.82 Å². The maximum Gasteiger partial charge on any atom is 0.186 e. The number of likely N-dealkylation sites (tertiary alicyclic amines) is 1. The molecule has 1 aliphatic heterocycles. The normalized spacial score (nSPS) is 30.9. The van der Waals surface area contributed by atoms with Gasteiger partial charge in [0.2, 0.25) is 0 Å². The van der Waals surface area contributed by atoms with E-state index in [1.807, 2.05) is 7.05 Å². The largest absolute Gasteiger partial charge is 0.323 e. The molecule has 0 aromatic heterocycles. The third-order valence-electron chi connectivity index (χ3n) is 3.76. The van der Waals surface area contributed by atoms with Gasteiger partial charge in [-0.25, -0.2) is 0 Å². The molecule has 0 spiro atoms. The van der Waals surface area contributed by atoms with Gasteiger partial charge in [0.05, 0.1) is 20.4 Å². The first kappa shape index (κ1) is 20.1. The van der Waals surface area contributed by atoms with Gasteiger partial charge in [0, 0.05) is 46.1 Å². The fourth-order valence-corrected chi connectivity index (χ4v) is 2.48. The minimum atomic E-state index is 0. The van der Waals surface area contributed by atoms with Crippen molar-refractivity contribution in [1.82, 2.24) is 5.32 Å². The molecule has 95 valence electrons. The first-order chi connectivity index (χ1) is 6.97. The predicted molar refractivity (Wildman–Crippen MR) is 69.1 cm³/mol. The molecule has 5 heteroatoms. The van der Waals surface area contributed by atoms with Gasteiger partial charge in [-0.3, -0.25) is 4.79 Å². The molecule has 5 unspecified atom stereocenters. The van der Waals surface area contributed by atoms with Gasteiger partial charge < -0.3 is 10.2 Å². The quantitative estimate of drug-likeness (QED) is 0.706. The summed E-state index contributed by atoms with van der Waals surface area (Å²) in [6.45, 7) is 6.93. The molecule has 1 heterocycles. The van der Waals surface area contributed by atoms with Gasteiger partial charge in [-0.2, -0.15) is 0 Å². The Morgan fingerprint density at radius 3 is 2.41 bits per heavy atom. The van der Waals surface area contributed by atoms with Crippen LogP contribution in [-0.2, 0) is 37.5 Å². The van der Waals surface area contributed by atoms with Crippen molar-refractivity contribution in [2.75, 3.05) is 13.6 Å². The van der Waals surface area contributed by atoms with Crippen LogP contribution in [0.25, 0.3) is 0 Å². The van der Waals surface area contributed by atoms with Crippen molar-refractivity contribution >= 4 is 13.6 Å². The third-order valence-corrected chi connectivity index (χ3v) is 3.76. The van der Waals surface area contributed by atoms with Crippen LogP contribution in [-0.4, -0.2) is 45.3 Å². The summed E-state index contributed by atoms with van der Waals surface area (Å²) in [5.74, 6) is 0.452. The topological polar surface area (TPSA) is 33.5 Å². The third kappa shape index (κ3) is 5.10. The fourth-order valence-electron chi connectivity index (χ4n) is 2.48. The summed E-state index contributed by atoms with van der Waals surface area (Å²) in [4.78, 5) is 12.9. The molecular weight excluding hydrogens is 288 g/mol. The van der Waals surface area contributed by atoms with Gasteiger partial charge >= 0.3 is 0 Å². The molecule has 0 bridgehead atoms. The van der Waals surface area contributed by atoms with Gasteiger partial charge in [0.25, 0.3) is 0 Å². The average Bonchev–Trinajstić information content (AvgIpc) is 2.58.